The van der Waals surface area contributed by atoms with Crippen LogP contribution in [0.3, 0.4) is 0 Å². The lowest BCUT2D eigenvalue weighted by atomic mass is 10.2. The van der Waals surface area contributed by atoms with Gasteiger partial charge in [-0.15, -0.1) is 10.2 Å². The molecular weight excluding hydrogens is 448 g/mol. The van der Waals surface area contributed by atoms with Gasteiger partial charge in [0, 0.05) is 11.8 Å². The van der Waals surface area contributed by atoms with Crippen molar-refractivity contribution in [1.29, 1.82) is 0 Å². The monoisotopic (exact) mass is 470 g/mol. The molecule has 0 bridgehead atoms. The molecule has 0 saturated carbocycles. The fourth-order valence-corrected chi connectivity index (χ4v) is 4.27. The molecule has 3 heterocycles. The zero-order valence-corrected chi connectivity index (χ0v) is 19.5. The highest BCUT2D eigenvalue weighted by Gasteiger charge is 2.19. The van der Waals surface area contributed by atoms with Gasteiger partial charge in [-0.05, 0) is 50.2 Å². The van der Waals surface area contributed by atoms with Gasteiger partial charge in [-0.25, -0.2) is 4.68 Å². The SMILES string of the molecule is Cc1ccc(-n2nc(C)cc2NC(=O)CSc2nnc(-c3ccco3)n2-c2ccccc2)cc1. The highest BCUT2D eigenvalue weighted by Crippen LogP contribution is 2.28. The van der Waals surface area contributed by atoms with Gasteiger partial charge < -0.3 is 9.73 Å². The normalized spacial score (nSPS) is 11.0. The molecule has 8 nitrogen and oxygen atoms in total. The Kier molecular flexibility index (Phi) is 6.01. The van der Waals surface area contributed by atoms with E-state index in [1.54, 1.807) is 17.0 Å². The molecule has 0 aliphatic rings. The van der Waals surface area contributed by atoms with Crippen molar-refractivity contribution in [3.8, 4) is 23.0 Å². The number of carbonyl (C=O) groups is 1. The van der Waals surface area contributed by atoms with Crippen LogP contribution in [-0.2, 0) is 4.79 Å². The number of thioether (sulfide) groups is 1. The topological polar surface area (TPSA) is 90.8 Å². The highest BCUT2D eigenvalue weighted by atomic mass is 32.2. The molecule has 3 aromatic heterocycles. The van der Waals surface area contributed by atoms with E-state index in [9.17, 15) is 4.79 Å². The number of rotatable bonds is 7. The van der Waals surface area contributed by atoms with Crippen LogP contribution in [0.25, 0.3) is 23.0 Å². The summed E-state index contributed by atoms with van der Waals surface area (Å²) in [5, 5.41) is 16.7. The summed E-state index contributed by atoms with van der Waals surface area (Å²) in [7, 11) is 0. The van der Waals surface area contributed by atoms with E-state index >= 15 is 0 Å². The maximum absolute atomic E-state index is 12.9. The van der Waals surface area contributed by atoms with Crippen molar-refractivity contribution in [3.05, 3.63) is 90.3 Å². The number of aromatic nitrogens is 5. The summed E-state index contributed by atoms with van der Waals surface area (Å²) >= 11 is 1.30. The third kappa shape index (κ3) is 4.51. The van der Waals surface area contributed by atoms with Crippen LogP contribution in [0.2, 0.25) is 0 Å². The predicted octanol–water partition coefficient (Wildman–Crippen LogP) is 5.06. The molecular formula is C25H22N6O2S. The number of nitrogens with one attached hydrogen (secondary N) is 1. The second-order valence-corrected chi connectivity index (χ2v) is 8.65. The minimum absolute atomic E-state index is 0.154. The van der Waals surface area contributed by atoms with Gasteiger partial charge >= 0.3 is 0 Å². The first-order valence-electron chi connectivity index (χ1n) is 10.7. The van der Waals surface area contributed by atoms with Crippen molar-refractivity contribution in [2.75, 3.05) is 11.1 Å². The van der Waals surface area contributed by atoms with Crippen LogP contribution in [-0.4, -0.2) is 36.2 Å². The van der Waals surface area contributed by atoms with Crippen LogP contribution in [0.15, 0.2) is 88.6 Å². The molecule has 34 heavy (non-hydrogen) atoms. The zero-order valence-electron chi connectivity index (χ0n) is 18.7. The first-order valence-corrected chi connectivity index (χ1v) is 11.7. The van der Waals surface area contributed by atoms with Crippen molar-refractivity contribution in [2.45, 2.75) is 19.0 Å². The van der Waals surface area contributed by atoms with Gasteiger partial charge in [-0.1, -0.05) is 47.7 Å². The van der Waals surface area contributed by atoms with E-state index in [2.05, 4.69) is 20.6 Å². The molecule has 5 rings (SSSR count). The summed E-state index contributed by atoms with van der Waals surface area (Å²) in [6.45, 7) is 3.93. The number of hydrogen-bond donors (Lipinski definition) is 1. The van der Waals surface area contributed by atoms with Gasteiger partial charge in [0.05, 0.1) is 23.4 Å². The summed E-state index contributed by atoms with van der Waals surface area (Å²) in [5.74, 6) is 1.78. The molecule has 2 aromatic carbocycles. The molecule has 0 spiro atoms. The fraction of sp³-hybridized carbons (Fsp3) is 0.120. The number of para-hydroxylation sites is 1. The molecule has 9 heteroatoms. The van der Waals surface area contributed by atoms with Crippen molar-refractivity contribution in [3.63, 3.8) is 0 Å². The molecule has 0 atom stereocenters. The average molecular weight is 471 g/mol. The van der Waals surface area contributed by atoms with Crippen molar-refractivity contribution in [1.82, 2.24) is 24.5 Å². The van der Waals surface area contributed by atoms with Gasteiger partial charge in [0.2, 0.25) is 11.7 Å². The van der Waals surface area contributed by atoms with E-state index in [-0.39, 0.29) is 11.7 Å². The van der Waals surface area contributed by atoms with Gasteiger partial charge in [0.1, 0.15) is 5.82 Å². The first kappa shape index (κ1) is 21.7. The lowest BCUT2D eigenvalue weighted by Crippen LogP contribution is -2.17. The Morgan fingerprint density at radius 2 is 1.76 bits per heavy atom. The summed E-state index contributed by atoms with van der Waals surface area (Å²) in [6.07, 6.45) is 1.60. The van der Waals surface area contributed by atoms with E-state index in [1.165, 1.54) is 11.8 Å². The number of carbonyl (C=O) groups excluding carboxylic acids is 1. The number of anilines is 1. The highest BCUT2D eigenvalue weighted by molar-refractivity contribution is 7.99. The Morgan fingerprint density at radius 1 is 0.971 bits per heavy atom. The number of furan rings is 1. The van der Waals surface area contributed by atoms with E-state index < -0.39 is 0 Å². The second-order valence-electron chi connectivity index (χ2n) is 7.71. The molecule has 0 fully saturated rings. The summed E-state index contributed by atoms with van der Waals surface area (Å²) in [5.41, 5.74) is 3.74. The minimum atomic E-state index is -0.166. The predicted molar refractivity (Wildman–Crippen MR) is 131 cm³/mol. The summed E-state index contributed by atoms with van der Waals surface area (Å²) < 4.78 is 9.16. The molecule has 0 aliphatic carbocycles. The van der Waals surface area contributed by atoms with Gasteiger partial charge in [0.25, 0.3) is 0 Å². The van der Waals surface area contributed by atoms with Crippen LogP contribution < -0.4 is 5.32 Å². The van der Waals surface area contributed by atoms with Crippen LogP contribution in [0.1, 0.15) is 11.3 Å². The standard InChI is InChI=1S/C25H22N6O2S/c1-17-10-12-20(13-11-17)31-22(15-18(2)29-31)26-23(32)16-34-25-28-27-24(21-9-6-14-33-21)30(25)19-7-4-3-5-8-19/h3-15H,16H2,1-2H3,(H,26,32). The van der Waals surface area contributed by atoms with Crippen LogP contribution in [0, 0.1) is 13.8 Å². The maximum Gasteiger partial charge on any atom is 0.236 e. The number of aryl methyl sites for hydroxylation is 2. The zero-order chi connectivity index (χ0) is 23.5. The molecule has 170 valence electrons. The van der Waals surface area contributed by atoms with Gasteiger partial charge in [0.15, 0.2) is 10.9 Å². The van der Waals surface area contributed by atoms with E-state index in [0.29, 0.717) is 22.6 Å². The minimum Gasteiger partial charge on any atom is -0.461 e. The van der Waals surface area contributed by atoms with Gasteiger partial charge in [-0.2, -0.15) is 5.10 Å². The van der Waals surface area contributed by atoms with Crippen molar-refractivity contribution >= 4 is 23.5 Å². The average Bonchev–Trinajstić information content (AvgIpc) is 3.59. The van der Waals surface area contributed by atoms with Crippen LogP contribution in [0.5, 0.6) is 0 Å². The van der Waals surface area contributed by atoms with E-state index in [0.717, 1.165) is 22.6 Å². The summed E-state index contributed by atoms with van der Waals surface area (Å²) in [4.78, 5) is 12.9. The largest absolute Gasteiger partial charge is 0.461 e. The van der Waals surface area contributed by atoms with Gasteiger partial charge in [-0.3, -0.25) is 9.36 Å². The van der Waals surface area contributed by atoms with Crippen LogP contribution in [0.4, 0.5) is 5.82 Å². The van der Waals surface area contributed by atoms with Crippen molar-refractivity contribution < 1.29 is 9.21 Å². The number of amides is 1. The third-order valence-electron chi connectivity index (χ3n) is 5.10. The van der Waals surface area contributed by atoms with Crippen LogP contribution >= 0.6 is 11.8 Å². The smallest absolute Gasteiger partial charge is 0.236 e. The summed E-state index contributed by atoms with van der Waals surface area (Å²) in [6, 6.07) is 23.2. The second kappa shape index (κ2) is 9.40. The Balaban J connectivity index is 1.36. The Hall–Kier alpha value is -4.11. The molecule has 0 radical (unpaired) electrons. The van der Waals surface area contributed by atoms with Crippen molar-refractivity contribution in [2.24, 2.45) is 0 Å². The Morgan fingerprint density at radius 3 is 2.50 bits per heavy atom. The third-order valence-corrected chi connectivity index (χ3v) is 6.03. The fourth-order valence-electron chi connectivity index (χ4n) is 3.52. The maximum atomic E-state index is 12.9. The Labute approximate surface area is 200 Å². The number of benzene rings is 2. The van der Waals surface area contributed by atoms with E-state index in [4.69, 9.17) is 4.42 Å². The lowest BCUT2D eigenvalue weighted by molar-refractivity contribution is -0.113. The number of hydrogen-bond acceptors (Lipinski definition) is 6. The Bertz CT molecular complexity index is 1410. The number of nitrogens with zero attached hydrogens (tertiary/aromatic N) is 5. The molecule has 5 aromatic rings. The molecule has 1 N–H and O–H groups in total. The quantitative estimate of drug-likeness (QED) is 0.334. The molecule has 1 amide bonds. The molecule has 0 aliphatic heterocycles. The molecule has 0 unspecified atom stereocenters. The van der Waals surface area contributed by atoms with E-state index in [1.807, 2.05) is 85.1 Å². The first-order chi connectivity index (χ1) is 16.6. The lowest BCUT2D eigenvalue weighted by Gasteiger charge is -2.10. The molecule has 0 saturated heterocycles.